The highest BCUT2D eigenvalue weighted by Crippen LogP contribution is 2.26. The first-order valence-corrected chi connectivity index (χ1v) is 6.50. The third-order valence-electron chi connectivity index (χ3n) is 2.66. The lowest BCUT2D eigenvalue weighted by Crippen LogP contribution is -1.98. The van der Waals surface area contributed by atoms with Gasteiger partial charge in [0.05, 0.1) is 16.8 Å². The van der Waals surface area contributed by atoms with Crippen molar-refractivity contribution in [2.24, 2.45) is 7.05 Å². The summed E-state index contributed by atoms with van der Waals surface area (Å²) in [6, 6.07) is 4.11. The summed E-state index contributed by atoms with van der Waals surface area (Å²) in [5.41, 5.74) is 3.18. The van der Waals surface area contributed by atoms with Crippen LogP contribution in [0.4, 0.5) is 5.69 Å². The molecule has 0 unspecified atom stereocenters. The van der Waals surface area contributed by atoms with Crippen molar-refractivity contribution in [3.05, 3.63) is 41.7 Å². The van der Waals surface area contributed by atoms with Crippen molar-refractivity contribution in [1.82, 2.24) is 20.0 Å². The second-order valence-corrected chi connectivity index (χ2v) is 4.94. The number of thiophene rings is 1. The van der Waals surface area contributed by atoms with E-state index in [9.17, 15) is 0 Å². The van der Waals surface area contributed by atoms with E-state index >= 15 is 0 Å². The molecule has 3 heterocycles. The Kier molecular flexibility index (Phi) is 2.85. The summed E-state index contributed by atoms with van der Waals surface area (Å²) >= 11 is 1.69. The Bertz CT molecular complexity index is 622. The predicted molar refractivity (Wildman–Crippen MR) is 72.4 cm³/mol. The van der Waals surface area contributed by atoms with Gasteiger partial charge in [-0.2, -0.15) is 10.2 Å². The normalized spacial score (nSPS) is 10.7. The van der Waals surface area contributed by atoms with E-state index in [0.717, 1.165) is 23.5 Å². The monoisotopic (exact) mass is 259 g/mol. The third-order valence-corrected chi connectivity index (χ3v) is 3.54. The first kappa shape index (κ1) is 11.0. The smallest absolute Gasteiger partial charge is 0.107 e. The van der Waals surface area contributed by atoms with Crippen molar-refractivity contribution in [2.45, 2.75) is 6.54 Å². The molecule has 0 atom stereocenters. The first-order chi connectivity index (χ1) is 8.83. The van der Waals surface area contributed by atoms with Crippen LogP contribution in [-0.4, -0.2) is 20.0 Å². The van der Waals surface area contributed by atoms with Crippen molar-refractivity contribution < 1.29 is 0 Å². The summed E-state index contributed by atoms with van der Waals surface area (Å²) < 4.78 is 1.78. The number of H-pyrrole nitrogens is 1. The maximum Gasteiger partial charge on any atom is 0.107 e. The predicted octanol–water partition coefficient (Wildman–Crippen LogP) is 2.48. The number of nitrogens with zero attached hydrogens (tertiary/aromatic N) is 3. The molecule has 92 valence electrons. The lowest BCUT2D eigenvalue weighted by Gasteiger charge is -2.02. The Morgan fingerprint density at radius 1 is 1.50 bits per heavy atom. The van der Waals surface area contributed by atoms with Crippen molar-refractivity contribution in [2.75, 3.05) is 5.32 Å². The number of hydrogen-bond donors (Lipinski definition) is 2. The van der Waals surface area contributed by atoms with Crippen LogP contribution >= 0.6 is 11.3 Å². The maximum absolute atomic E-state index is 4.30. The quantitative estimate of drug-likeness (QED) is 0.756. The molecule has 0 saturated carbocycles. The van der Waals surface area contributed by atoms with E-state index in [4.69, 9.17) is 0 Å². The molecule has 0 aromatic carbocycles. The van der Waals surface area contributed by atoms with Crippen LogP contribution in [-0.2, 0) is 13.6 Å². The average molecular weight is 259 g/mol. The minimum absolute atomic E-state index is 0.732. The van der Waals surface area contributed by atoms with E-state index in [1.165, 1.54) is 4.88 Å². The molecule has 0 amide bonds. The van der Waals surface area contributed by atoms with Gasteiger partial charge in [0, 0.05) is 31.5 Å². The fraction of sp³-hybridized carbons (Fsp3) is 0.167. The van der Waals surface area contributed by atoms with Gasteiger partial charge in [0.2, 0.25) is 0 Å². The molecule has 6 heteroatoms. The maximum atomic E-state index is 4.30. The van der Waals surface area contributed by atoms with E-state index in [1.807, 2.05) is 31.7 Å². The zero-order chi connectivity index (χ0) is 12.4. The van der Waals surface area contributed by atoms with Gasteiger partial charge in [-0.25, -0.2) is 0 Å². The third kappa shape index (κ3) is 2.14. The molecule has 2 N–H and O–H groups in total. The average Bonchev–Trinajstić information content (AvgIpc) is 3.07. The summed E-state index contributed by atoms with van der Waals surface area (Å²) in [4.78, 5) is 1.18. The first-order valence-electron chi connectivity index (χ1n) is 5.62. The number of hydrogen-bond acceptors (Lipinski definition) is 4. The molecule has 5 nitrogen and oxygen atoms in total. The Hall–Kier alpha value is -2.08. The van der Waals surface area contributed by atoms with Gasteiger partial charge < -0.3 is 5.32 Å². The molecule has 0 radical (unpaired) electrons. The van der Waals surface area contributed by atoms with Crippen LogP contribution in [0.15, 0.2) is 36.1 Å². The molecule has 3 aromatic heterocycles. The molecule has 0 saturated heterocycles. The van der Waals surface area contributed by atoms with Crippen LogP contribution in [0.1, 0.15) is 5.56 Å². The second kappa shape index (κ2) is 4.66. The summed E-state index contributed by atoms with van der Waals surface area (Å²) in [5, 5.41) is 16.7. The lowest BCUT2D eigenvalue weighted by atomic mass is 10.2. The van der Waals surface area contributed by atoms with E-state index in [2.05, 4.69) is 32.1 Å². The molecule has 18 heavy (non-hydrogen) atoms. The van der Waals surface area contributed by atoms with Crippen LogP contribution in [0.5, 0.6) is 0 Å². The molecule has 3 aromatic rings. The number of rotatable bonds is 4. The zero-order valence-corrected chi connectivity index (χ0v) is 10.7. The molecule has 0 aliphatic heterocycles. The van der Waals surface area contributed by atoms with Crippen LogP contribution < -0.4 is 5.32 Å². The van der Waals surface area contributed by atoms with Crippen molar-refractivity contribution in [3.63, 3.8) is 0 Å². The topological polar surface area (TPSA) is 58.5 Å². The molecule has 0 fully saturated rings. The summed E-state index contributed by atoms with van der Waals surface area (Å²) in [6.07, 6.45) is 5.69. The van der Waals surface area contributed by atoms with Gasteiger partial charge in [-0.1, -0.05) is 6.07 Å². The molecule has 0 spiro atoms. The standard InChI is InChI=1S/C12H13N5S/c1-17-8-10(7-15-17)13-5-9-6-14-16-12(9)11-3-2-4-18-11/h2-4,6-8,13H,5H2,1H3,(H,14,16). The number of anilines is 1. The Labute approximate surface area is 108 Å². The molecular formula is C12H13N5S. The Morgan fingerprint density at radius 3 is 3.17 bits per heavy atom. The van der Waals surface area contributed by atoms with E-state index in [-0.39, 0.29) is 0 Å². The van der Waals surface area contributed by atoms with Crippen LogP contribution in [0, 0.1) is 0 Å². The SMILES string of the molecule is Cn1cc(NCc2c[nH]nc2-c2cccs2)cn1. The van der Waals surface area contributed by atoms with E-state index in [0.29, 0.717) is 0 Å². The minimum Gasteiger partial charge on any atom is -0.378 e. The number of nitrogens with one attached hydrogen (secondary N) is 2. The Morgan fingerprint density at radius 2 is 2.44 bits per heavy atom. The van der Waals surface area contributed by atoms with Crippen LogP contribution in [0.2, 0.25) is 0 Å². The van der Waals surface area contributed by atoms with Crippen molar-refractivity contribution in [1.29, 1.82) is 0 Å². The zero-order valence-electron chi connectivity index (χ0n) is 9.92. The van der Waals surface area contributed by atoms with E-state index in [1.54, 1.807) is 16.0 Å². The van der Waals surface area contributed by atoms with E-state index < -0.39 is 0 Å². The Balaban J connectivity index is 1.76. The molecular weight excluding hydrogens is 246 g/mol. The van der Waals surface area contributed by atoms with Gasteiger partial charge >= 0.3 is 0 Å². The number of aromatic nitrogens is 4. The van der Waals surface area contributed by atoms with Gasteiger partial charge in [-0.15, -0.1) is 11.3 Å². The molecule has 0 aliphatic rings. The fourth-order valence-electron chi connectivity index (χ4n) is 1.79. The highest BCUT2D eigenvalue weighted by Gasteiger charge is 2.09. The minimum atomic E-state index is 0.732. The van der Waals surface area contributed by atoms with Gasteiger partial charge in [0.15, 0.2) is 0 Å². The highest BCUT2D eigenvalue weighted by atomic mass is 32.1. The second-order valence-electron chi connectivity index (χ2n) is 3.99. The van der Waals surface area contributed by atoms with Gasteiger partial charge in [0.1, 0.15) is 5.69 Å². The summed E-state index contributed by atoms with van der Waals surface area (Å²) in [7, 11) is 1.90. The van der Waals surface area contributed by atoms with Gasteiger partial charge in [-0.05, 0) is 11.4 Å². The number of aromatic amines is 1. The van der Waals surface area contributed by atoms with Crippen molar-refractivity contribution >= 4 is 17.0 Å². The lowest BCUT2D eigenvalue weighted by molar-refractivity contribution is 0.768. The summed E-state index contributed by atoms with van der Waals surface area (Å²) in [6.45, 7) is 0.732. The van der Waals surface area contributed by atoms with Gasteiger partial charge in [0.25, 0.3) is 0 Å². The molecule has 0 aliphatic carbocycles. The summed E-state index contributed by atoms with van der Waals surface area (Å²) in [5.74, 6) is 0. The highest BCUT2D eigenvalue weighted by molar-refractivity contribution is 7.13. The molecule has 0 bridgehead atoms. The van der Waals surface area contributed by atoms with Crippen molar-refractivity contribution in [3.8, 4) is 10.6 Å². The molecule has 3 rings (SSSR count). The largest absolute Gasteiger partial charge is 0.378 e. The van der Waals surface area contributed by atoms with Crippen LogP contribution in [0.25, 0.3) is 10.6 Å². The van der Waals surface area contributed by atoms with Gasteiger partial charge in [-0.3, -0.25) is 9.78 Å². The number of aryl methyl sites for hydroxylation is 1. The fourth-order valence-corrected chi connectivity index (χ4v) is 2.54. The van der Waals surface area contributed by atoms with Crippen LogP contribution in [0.3, 0.4) is 0 Å².